The Hall–Kier alpha value is -3.38. The Labute approximate surface area is 208 Å². The number of nitrogens with two attached hydrogens (primary N) is 2. The highest BCUT2D eigenvalue weighted by Crippen LogP contribution is 2.23. The summed E-state index contributed by atoms with van der Waals surface area (Å²) in [4.78, 5) is 55.6. The maximum absolute atomic E-state index is 10.9. The highest BCUT2D eigenvalue weighted by atomic mass is 32.1. The molecule has 1 fully saturated rings. The van der Waals surface area contributed by atoms with E-state index in [1.165, 1.54) is 35.5 Å². The molecular weight excluding hydrogens is 470 g/mol. The Morgan fingerprint density at radius 3 is 2.37 bits per heavy atom. The van der Waals surface area contributed by atoms with Crippen LogP contribution >= 0.6 is 11.3 Å². The van der Waals surface area contributed by atoms with Crippen molar-refractivity contribution in [2.75, 3.05) is 32.0 Å². The number of aromatic nitrogens is 2. The van der Waals surface area contributed by atoms with Crippen LogP contribution in [0.5, 0.6) is 0 Å². The molecule has 0 radical (unpaired) electrons. The van der Waals surface area contributed by atoms with Crippen molar-refractivity contribution in [3.05, 3.63) is 39.5 Å². The number of likely N-dealkylation sites (tertiary alicyclic amines) is 1. The predicted octanol–water partition coefficient (Wildman–Crippen LogP) is 0.926. The van der Waals surface area contributed by atoms with Crippen LogP contribution in [0.25, 0.3) is 0 Å². The lowest BCUT2D eigenvalue weighted by Gasteiger charge is -2.21. The molecule has 11 nitrogen and oxygen atoms in total. The number of nitrogens with one attached hydrogen (secondary N) is 1. The van der Waals surface area contributed by atoms with Gasteiger partial charge in [0.15, 0.2) is 5.01 Å². The highest BCUT2D eigenvalue weighted by molar-refractivity contribution is 7.13. The van der Waals surface area contributed by atoms with Crippen molar-refractivity contribution in [1.82, 2.24) is 19.8 Å². The molecule has 0 unspecified atom stereocenters. The Kier molecular flexibility index (Phi) is 11.2. The average molecular weight is 504 g/mol. The van der Waals surface area contributed by atoms with E-state index in [0.29, 0.717) is 10.8 Å². The lowest BCUT2D eigenvalue weighted by molar-refractivity contribution is -0.134. The van der Waals surface area contributed by atoms with Crippen molar-refractivity contribution < 1.29 is 19.2 Å². The van der Waals surface area contributed by atoms with Crippen LogP contribution in [0.15, 0.2) is 18.3 Å². The van der Waals surface area contributed by atoms with E-state index in [-0.39, 0.29) is 0 Å². The van der Waals surface area contributed by atoms with Crippen LogP contribution in [-0.2, 0) is 33.8 Å². The van der Waals surface area contributed by atoms with Gasteiger partial charge in [0, 0.05) is 43.7 Å². The Morgan fingerprint density at radius 2 is 1.86 bits per heavy atom. The number of piperidine rings is 1. The number of hydrogen-bond acceptors (Lipinski definition) is 8. The molecule has 0 bridgehead atoms. The largest absolute Gasteiger partial charge is 0.364 e. The van der Waals surface area contributed by atoms with Crippen molar-refractivity contribution in [3.8, 4) is 0 Å². The molecule has 2 aromatic rings. The first kappa shape index (κ1) is 27.9. The first-order chi connectivity index (χ1) is 16.7. The minimum Gasteiger partial charge on any atom is -0.364 e. The summed E-state index contributed by atoms with van der Waals surface area (Å²) in [6.07, 6.45) is 8.06. The average Bonchev–Trinajstić information content (AvgIpc) is 3.29. The summed E-state index contributed by atoms with van der Waals surface area (Å²) < 4.78 is 0. The fourth-order valence-electron chi connectivity index (χ4n) is 3.34. The van der Waals surface area contributed by atoms with Gasteiger partial charge in [0.25, 0.3) is 5.91 Å². The molecule has 0 aromatic carbocycles. The van der Waals surface area contributed by atoms with E-state index in [4.69, 9.17) is 11.5 Å². The number of aryl methyl sites for hydroxylation is 1. The number of likely N-dealkylation sites (N-methyl/N-ethyl adjacent to an activating group) is 1. The van der Waals surface area contributed by atoms with Gasteiger partial charge in [-0.15, -0.1) is 11.3 Å². The third-order valence-electron chi connectivity index (χ3n) is 5.37. The van der Waals surface area contributed by atoms with Gasteiger partial charge in [0.05, 0.1) is 5.69 Å². The molecule has 35 heavy (non-hydrogen) atoms. The second-order valence-corrected chi connectivity index (χ2v) is 9.25. The SMILES string of the molecule is CCc1ccc(NC(=O)C(N)=O)nc1.CN1CCc2nc(C(N)=O)sc2C1.O=CN1CCCCC1. The highest BCUT2D eigenvalue weighted by Gasteiger charge is 2.19. The molecule has 2 aromatic heterocycles. The smallest absolute Gasteiger partial charge is 0.314 e. The Balaban J connectivity index is 0.000000192. The molecule has 4 amide bonds. The molecule has 2 aliphatic heterocycles. The van der Waals surface area contributed by atoms with E-state index in [2.05, 4.69) is 27.2 Å². The summed E-state index contributed by atoms with van der Waals surface area (Å²) in [5.74, 6) is -1.97. The number of nitrogens with zero attached hydrogens (tertiary/aromatic N) is 4. The van der Waals surface area contributed by atoms with Crippen LogP contribution < -0.4 is 16.8 Å². The molecular formula is C23H33N7O4S. The van der Waals surface area contributed by atoms with E-state index in [0.717, 1.165) is 56.7 Å². The number of primary amides is 2. The summed E-state index contributed by atoms with van der Waals surface area (Å²) in [5, 5.41) is 2.71. The van der Waals surface area contributed by atoms with Crippen molar-refractivity contribution in [2.45, 2.75) is 45.6 Å². The number of hydrogen-bond donors (Lipinski definition) is 3. The van der Waals surface area contributed by atoms with Gasteiger partial charge in [-0.2, -0.15) is 0 Å². The van der Waals surface area contributed by atoms with Crippen molar-refractivity contribution >= 4 is 41.3 Å². The fourth-order valence-corrected chi connectivity index (χ4v) is 4.38. The van der Waals surface area contributed by atoms with Crippen LogP contribution in [0.1, 0.15) is 52.1 Å². The zero-order chi connectivity index (χ0) is 25.8. The third-order valence-corrected chi connectivity index (χ3v) is 6.47. The Bertz CT molecular complexity index is 1000. The first-order valence-electron chi connectivity index (χ1n) is 11.5. The van der Waals surface area contributed by atoms with Crippen molar-refractivity contribution in [3.63, 3.8) is 0 Å². The number of fused-ring (bicyclic) bond motifs is 1. The maximum atomic E-state index is 10.9. The number of rotatable bonds is 4. The van der Waals surface area contributed by atoms with E-state index < -0.39 is 17.7 Å². The van der Waals surface area contributed by atoms with Crippen molar-refractivity contribution in [1.29, 1.82) is 0 Å². The Morgan fingerprint density at radius 1 is 1.14 bits per heavy atom. The van der Waals surface area contributed by atoms with E-state index in [1.54, 1.807) is 12.3 Å². The van der Waals surface area contributed by atoms with E-state index in [9.17, 15) is 19.2 Å². The summed E-state index contributed by atoms with van der Waals surface area (Å²) in [6, 6.07) is 3.45. The lowest BCUT2D eigenvalue weighted by atomic mass is 10.1. The monoisotopic (exact) mass is 503 g/mol. The molecule has 5 N–H and O–H groups in total. The number of anilines is 1. The molecule has 0 saturated carbocycles. The summed E-state index contributed by atoms with van der Waals surface area (Å²) in [5.41, 5.74) is 12.0. The van der Waals surface area contributed by atoms with Crippen LogP contribution in [0, 0.1) is 0 Å². The summed E-state index contributed by atoms with van der Waals surface area (Å²) in [7, 11) is 2.06. The van der Waals surface area contributed by atoms with Gasteiger partial charge in [0.1, 0.15) is 5.82 Å². The van der Waals surface area contributed by atoms with Gasteiger partial charge in [-0.3, -0.25) is 19.2 Å². The van der Waals surface area contributed by atoms with Crippen LogP contribution in [0.3, 0.4) is 0 Å². The number of carbonyl (C=O) groups is 4. The molecule has 190 valence electrons. The van der Waals surface area contributed by atoms with Gasteiger partial charge in [-0.05, 0) is 44.4 Å². The number of pyridine rings is 1. The van der Waals surface area contributed by atoms with Gasteiger partial charge in [-0.25, -0.2) is 9.97 Å². The molecule has 2 aliphatic rings. The zero-order valence-corrected chi connectivity index (χ0v) is 21.0. The van der Waals surface area contributed by atoms with Crippen LogP contribution in [0.4, 0.5) is 5.82 Å². The van der Waals surface area contributed by atoms with Crippen molar-refractivity contribution in [2.24, 2.45) is 11.5 Å². The molecule has 0 atom stereocenters. The normalized spacial score (nSPS) is 14.9. The molecule has 0 spiro atoms. The summed E-state index contributed by atoms with van der Waals surface area (Å²) in [6.45, 7) is 5.85. The molecule has 1 saturated heterocycles. The minimum atomic E-state index is -1.02. The lowest BCUT2D eigenvalue weighted by Crippen LogP contribution is -2.29. The van der Waals surface area contributed by atoms with E-state index in [1.807, 2.05) is 17.9 Å². The van der Waals surface area contributed by atoms with Gasteiger partial charge in [-0.1, -0.05) is 13.0 Å². The topological polar surface area (TPSA) is 165 Å². The number of thiazole rings is 1. The second-order valence-electron chi connectivity index (χ2n) is 8.17. The zero-order valence-electron chi connectivity index (χ0n) is 20.2. The van der Waals surface area contributed by atoms with Gasteiger partial charge < -0.3 is 26.6 Å². The number of carbonyl (C=O) groups excluding carboxylic acids is 4. The number of amides is 4. The van der Waals surface area contributed by atoms with Crippen LogP contribution in [-0.4, -0.2) is 70.6 Å². The van der Waals surface area contributed by atoms with E-state index >= 15 is 0 Å². The molecule has 4 rings (SSSR count). The third kappa shape index (κ3) is 9.41. The molecule has 0 aliphatic carbocycles. The fraction of sp³-hybridized carbons (Fsp3) is 0.478. The molecule has 12 heteroatoms. The quantitative estimate of drug-likeness (QED) is 0.412. The second kappa shape index (κ2) is 14.1. The minimum absolute atomic E-state index is 0.325. The summed E-state index contributed by atoms with van der Waals surface area (Å²) >= 11 is 1.42. The predicted molar refractivity (Wildman–Crippen MR) is 134 cm³/mol. The standard InChI is InChI=1S/C9H11N3O2.C8H11N3OS.C6H11NO/c1-2-6-3-4-7(11-5-6)12-9(14)8(10)13;1-11-3-2-5-6(4-11)13-8(10-5)7(9)12;8-6-7-4-2-1-3-5-7/h3-5H,2H2,1H3,(H2,10,13)(H,11,12,14);2-4H2,1H3,(H2,9,12);6H,1-5H2. The molecule has 4 heterocycles. The van der Waals surface area contributed by atoms with Gasteiger partial charge >= 0.3 is 11.8 Å². The van der Waals surface area contributed by atoms with Crippen LogP contribution in [0.2, 0.25) is 0 Å². The maximum Gasteiger partial charge on any atom is 0.314 e. The van der Waals surface area contributed by atoms with Gasteiger partial charge in [0.2, 0.25) is 6.41 Å². The first-order valence-corrected chi connectivity index (χ1v) is 12.3.